The summed E-state index contributed by atoms with van der Waals surface area (Å²) in [5, 5.41) is 0. The Morgan fingerprint density at radius 2 is 1.83 bits per heavy atom. The van der Waals surface area contributed by atoms with E-state index in [2.05, 4.69) is 43.5 Å². The van der Waals surface area contributed by atoms with Gasteiger partial charge < -0.3 is 9.47 Å². The van der Waals surface area contributed by atoms with Crippen LogP contribution in [0.4, 0.5) is 0 Å². The van der Waals surface area contributed by atoms with E-state index in [1.165, 1.54) is 0 Å². The van der Waals surface area contributed by atoms with Crippen LogP contribution in [0.3, 0.4) is 0 Å². The fourth-order valence-electron chi connectivity index (χ4n) is 2.75. The van der Waals surface area contributed by atoms with Gasteiger partial charge in [0.15, 0.2) is 5.70 Å². The van der Waals surface area contributed by atoms with Gasteiger partial charge in [0.25, 0.3) is 0 Å². The van der Waals surface area contributed by atoms with Crippen LogP contribution in [0.1, 0.15) is 16.7 Å². The Morgan fingerprint density at radius 3 is 2.62 bits per heavy atom. The first-order chi connectivity index (χ1) is 14.1. The molecule has 0 bridgehead atoms. The van der Waals surface area contributed by atoms with E-state index in [0.29, 0.717) is 12.5 Å². The molecule has 0 fully saturated rings. The highest BCUT2D eigenvalue weighted by molar-refractivity contribution is 14.1. The summed E-state index contributed by atoms with van der Waals surface area (Å²) in [6.45, 7) is 0.479. The van der Waals surface area contributed by atoms with Crippen molar-refractivity contribution >= 4 is 56.5 Å². The van der Waals surface area contributed by atoms with Crippen molar-refractivity contribution in [3.05, 3.63) is 103 Å². The van der Waals surface area contributed by atoms with Gasteiger partial charge in [-0.1, -0.05) is 46.3 Å². The normalized spacial score (nSPS) is 14.6. The third kappa shape index (κ3) is 4.94. The third-order valence-electron chi connectivity index (χ3n) is 4.23. The van der Waals surface area contributed by atoms with Gasteiger partial charge >= 0.3 is 5.97 Å². The number of nitrogens with zero attached hydrogens (tertiary/aromatic N) is 1. The summed E-state index contributed by atoms with van der Waals surface area (Å²) < 4.78 is 13.3. The maximum Gasteiger partial charge on any atom is 0.363 e. The minimum absolute atomic E-state index is 0.262. The number of benzene rings is 3. The van der Waals surface area contributed by atoms with Crippen LogP contribution in [0.5, 0.6) is 5.75 Å². The van der Waals surface area contributed by atoms with Crippen molar-refractivity contribution in [1.29, 1.82) is 0 Å². The van der Waals surface area contributed by atoms with Gasteiger partial charge in [0.1, 0.15) is 12.4 Å². The number of rotatable bonds is 5. The van der Waals surface area contributed by atoms with Crippen molar-refractivity contribution in [3.8, 4) is 5.75 Å². The van der Waals surface area contributed by atoms with E-state index in [1.54, 1.807) is 6.08 Å². The van der Waals surface area contributed by atoms with Crippen molar-refractivity contribution in [2.24, 2.45) is 4.99 Å². The zero-order chi connectivity index (χ0) is 20.2. The van der Waals surface area contributed by atoms with Crippen molar-refractivity contribution in [1.82, 2.24) is 0 Å². The number of carbonyl (C=O) groups excluding carboxylic acids is 1. The van der Waals surface area contributed by atoms with Crippen LogP contribution in [0.2, 0.25) is 0 Å². The zero-order valence-electron chi connectivity index (χ0n) is 15.1. The molecule has 1 aliphatic rings. The molecule has 0 atom stereocenters. The second-order valence-electron chi connectivity index (χ2n) is 6.30. The van der Waals surface area contributed by atoms with Gasteiger partial charge in [0.2, 0.25) is 5.90 Å². The number of halogens is 2. The molecule has 0 saturated heterocycles. The summed E-state index contributed by atoms with van der Waals surface area (Å²) in [6, 6.07) is 23.1. The monoisotopic (exact) mass is 559 g/mol. The molecule has 1 heterocycles. The Kier molecular flexibility index (Phi) is 6.10. The molecule has 4 nitrogen and oxygen atoms in total. The summed E-state index contributed by atoms with van der Waals surface area (Å²) >= 11 is 5.68. The van der Waals surface area contributed by atoms with Gasteiger partial charge in [-0.3, -0.25) is 0 Å². The van der Waals surface area contributed by atoms with E-state index in [9.17, 15) is 4.79 Å². The van der Waals surface area contributed by atoms with Gasteiger partial charge in [0, 0.05) is 19.2 Å². The van der Waals surface area contributed by atoms with Crippen LogP contribution in [-0.2, 0) is 16.1 Å². The molecule has 0 aliphatic carbocycles. The number of aliphatic imine (C=N–C) groups is 1. The predicted octanol–water partition coefficient (Wildman–Crippen LogP) is 5.98. The zero-order valence-corrected chi connectivity index (χ0v) is 18.9. The van der Waals surface area contributed by atoms with Crippen LogP contribution in [0.15, 0.2) is 88.0 Å². The average Bonchev–Trinajstić information content (AvgIpc) is 3.08. The second-order valence-corrected chi connectivity index (χ2v) is 8.37. The third-order valence-corrected chi connectivity index (χ3v) is 5.81. The largest absolute Gasteiger partial charge is 0.489 e. The molecule has 144 valence electrons. The molecule has 0 N–H and O–H groups in total. The quantitative estimate of drug-likeness (QED) is 0.219. The summed E-state index contributed by atoms with van der Waals surface area (Å²) in [5.41, 5.74) is 2.95. The average molecular weight is 560 g/mol. The second kappa shape index (κ2) is 8.92. The molecule has 0 radical (unpaired) electrons. The standard InChI is InChI=1S/C23H15BrINO3/c24-18-10-8-16(9-11-18)22-26-21(23(27)29-22)13-15-4-3-6-19(12-15)28-14-17-5-1-2-7-20(17)25/h1-13H,14H2/b21-13-. The molecular weight excluding hydrogens is 545 g/mol. The van der Waals surface area contributed by atoms with Gasteiger partial charge in [0.05, 0.1) is 0 Å². The Balaban J connectivity index is 1.52. The Labute approximate surface area is 190 Å². The minimum Gasteiger partial charge on any atom is -0.489 e. The van der Waals surface area contributed by atoms with Crippen LogP contribution in [0.25, 0.3) is 6.08 Å². The van der Waals surface area contributed by atoms with E-state index in [-0.39, 0.29) is 5.70 Å². The molecule has 4 rings (SSSR count). The predicted molar refractivity (Wildman–Crippen MR) is 125 cm³/mol. The molecular formula is C23H15BrINO3. The van der Waals surface area contributed by atoms with E-state index in [4.69, 9.17) is 9.47 Å². The van der Waals surface area contributed by atoms with Crippen LogP contribution < -0.4 is 4.74 Å². The molecule has 29 heavy (non-hydrogen) atoms. The first kappa shape index (κ1) is 19.8. The molecule has 0 spiro atoms. The topological polar surface area (TPSA) is 47.9 Å². The van der Waals surface area contributed by atoms with Gasteiger partial charge in [-0.2, -0.15) is 0 Å². The number of carbonyl (C=O) groups is 1. The van der Waals surface area contributed by atoms with Gasteiger partial charge in [-0.05, 0) is 76.7 Å². The first-order valence-electron chi connectivity index (χ1n) is 8.83. The highest BCUT2D eigenvalue weighted by atomic mass is 127. The molecule has 6 heteroatoms. The van der Waals surface area contributed by atoms with Gasteiger partial charge in [-0.25, -0.2) is 9.79 Å². The van der Waals surface area contributed by atoms with Gasteiger partial charge in [-0.15, -0.1) is 0 Å². The first-order valence-corrected chi connectivity index (χ1v) is 10.7. The smallest absolute Gasteiger partial charge is 0.363 e. The molecule has 0 unspecified atom stereocenters. The fourth-order valence-corrected chi connectivity index (χ4v) is 3.56. The molecule has 3 aromatic rings. The number of hydrogen-bond donors (Lipinski definition) is 0. The Hall–Kier alpha value is -2.45. The lowest BCUT2D eigenvalue weighted by molar-refractivity contribution is -0.129. The SMILES string of the molecule is O=C1OC(c2ccc(Br)cc2)=N/C1=C\c1cccc(OCc2ccccc2I)c1. The molecule has 0 aromatic heterocycles. The van der Waals surface area contributed by atoms with E-state index in [1.807, 2.05) is 72.8 Å². The summed E-state index contributed by atoms with van der Waals surface area (Å²) in [7, 11) is 0. The number of hydrogen-bond acceptors (Lipinski definition) is 4. The number of esters is 1. The van der Waals surface area contributed by atoms with E-state index < -0.39 is 5.97 Å². The molecule has 0 saturated carbocycles. The van der Waals surface area contributed by atoms with Crippen molar-refractivity contribution < 1.29 is 14.3 Å². The highest BCUT2D eigenvalue weighted by Gasteiger charge is 2.24. The molecule has 1 aliphatic heterocycles. The number of ether oxygens (including phenoxy) is 2. The molecule has 0 amide bonds. The van der Waals surface area contributed by atoms with Crippen molar-refractivity contribution in [3.63, 3.8) is 0 Å². The van der Waals surface area contributed by atoms with E-state index in [0.717, 1.165) is 30.5 Å². The molecule has 3 aromatic carbocycles. The minimum atomic E-state index is -0.465. The van der Waals surface area contributed by atoms with Crippen LogP contribution in [-0.4, -0.2) is 11.9 Å². The number of cyclic esters (lactones) is 1. The Bertz CT molecular complexity index is 1120. The fraction of sp³-hybridized carbons (Fsp3) is 0.0435. The van der Waals surface area contributed by atoms with E-state index >= 15 is 0 Å². The maximum absolute atomic E-state index is 12.2. The lowest BCUT2D eigenvalue weighted by Gasteiger charge is -2.08. The summed E-state index contributed by atoms with van der Waals surface area (Å²) in [4.78, 5) is 16.6. The maximum atomic E-state index is 12.2. The van der Waals surface area contributed by atoms with Crippen molar-refractivity contribution in [2.45, 2.75) is 6.61 Å². The highest BCUT2D eigenvalue weighted by Crippen LogP contribution is 2.23. The lowest BCUT2D eigenvalue weighted by atomic mass is 10.2. The lowest BCUT2D eigenvalue weighted by Crippen LogP contribution is -2.05. The van der Waals surface area contributed by atoms with Crippen LogP contribution in [0, 0.1) is 3.57 Å². The van der Waals surface area contributed by atoms with Crippen LogP contribution >= 0.6 is 38.5 Å². The summed E-state index contributed by atoms with van der Waals surface area (Å²) in [5.74, 6) is 0.565. The van der Waals surface area contributed by atoms with Crippen molar-refractivity contribution in [2.75, 3.05) is 0 Å². The Morgan fingerprint density at radius 1 is 1.03 bits per heavy atom. The summed E-state index contributed by atoms with van der Waals surface area (Å²) in [6.07, 6.45) is 1.70.